The third-order valence-electron chi connectivity index (χ3n) is 3.17. The molecule has 0 bridgehead atoms. The highest BCUT2D eigenvalue weighted by Gasteiger charge is 2.11. The van der Waals surface area contributed by atoms with Crippen molar-refractivity contribution in [1.29, 1.82) is 0 Å². The average molecular weight is 295 g/mol. The molecule has 20 heavy (non-hydrogen) atoms. The summed E-state index contributed by atoms with van der Waals surface area (Å²) < 4.78 is 11.4. The first-order valence-corrected chi connectivity index (χ1v) is 8.51. The molecule has 0 saturated heterocycles. The van der Waals surface area contributed by atoms with Gasteiger partial charge < -0.3 is 14.8 Å². The van der Waals surface area contributed by atoms with Crippen molar-refractivity contribution >= 4 is 11.8 Å². The van der Waals surface area contributed by atoms with E-state index in [2.05, 4.69) is 31.3 Å². The van der Waals surface area contributed by atoms with Crippen LogP contribution in [0.4, 0.5) is 0 Å². The molecule has 0 amide bonds. The molecule has 0 saturated carbocycles. The summed E-state index contributed by atoms with van der Waals surface area (Å²) in [7, 11) is 0. The Bertz CT molecular complexity index is 411. The lowest BCUT2D eigenvalue weighted by atomic mass is 10.2. The minimum absolute atomic E-state index is 0.669. The maximum absolute atomic E-state index is 5.72. The quantitative estimate of drug-likeness (QED) is 0.615. The van der Waals surface area contributed by atoms with E-state index in [1.807, 2.05) is 17.8 Å². The van der Waals surface area contributed by atoms with E-state index in [-0.39, 0.29) is 0 Å². The van der Waals surface area contributed by atoms with E-state index in [0.717, 1.165) is 50.0 Å². The highest BCUT2D eigenvalue weighted by atomic mass is 32.2. The van der Waals surface area contributed by atoms with Gasteiger partial charge in [-0.15, -0.1) is 11.8 Å². The van der Waals surface area contributed by atoms with Crippen molar-refractivity contribution in [1.82, 2.24) is 5.32 Å². The summed E-state index contributed by atoms with van der Waals surface area (Å²) in [6.45, 7) is 8.19. The van der Waals surface area contributed by atoms with Crippen LogP contribution in [0.25, 0.3) is 0 Å². The molecule has 1 unspecified atom stereocenters. The molecule has 3 nitrogen and oxygen atoms in total. The third-order valence-corrected chi connectivity index (χ3v) is 4.50. The van der Waals surface area contributed by atoms with Crippen LogP contribution >= 0.6 is 11.8 Å². The van der Waals surface area contributed by atoms with Gasteiger partial charge in [0.2, 0.25) is 0 Å². The predicted octanol–water partition coefficient (Wildman–Crippen LogP) is 3.58. The fourth-order valence-corrected chi connectivity index (χ4v) is 3.01. The SMILES string of the molecule is CCCNCC(C)CSc1ccc2c(c1)OCCCO2. The van der Waals surface area contributed by atoms with Crippen molar-refractivity contribution in [2.24, 2.45) is 5.92 Å². The molecule has 112 valence electrons. The van der Waals surface area contributed by atoms with Gasteiger partial charge in [-0.3, -0.25) is 0 Å². The van der Waals surface area contributed by atoms with Crippen LogP contribution in [-0.2, 0) is 0 Å². The number of thioether (sulfide) groups is 1. The molecule has 1 aromatic rings. The maximum Gasteiger partial charge on any atom is 0.162 e. The Morgan fingerprint density at radius 2 is 2.05 bits per heavy atom. The minimum Gasteiger partial charge on any atom is -0.490 e. The van der Waals surface area contributed by atoms with E-state index < -0.39 is 0 Å². The van der Waals surface area contributed by atoms with Crippen LogP contribution < -0.4 is 14.8 Å². The molecule has 1 aliphatic rings. The van der Waals surface area contributed by atoms with E-state index in [4.69, 9.17) is 9.47 Å². The number of hydrogen-bond donors (Lipinski definition) is 1. The molecular weight excluding hydrogens is 270 g/mol. The minimum atomic E-state index is 0.669. The van der Waals surface area contributed by atoms with Crippen LogP contribution in [0.3, 0.4) is 0 Å². The van der Waals surface area contributed by atoms with E-state index in [0.29, 0.717) is 5.92 Å². The molecular formula is C16H25NO2S. The van der Waals surface area contributed by atoms with Gasteiger partial charge in [0.15, 0.2) is 11.5 Å². The Labute approximate surface area is 126 Å². The first-order valence-electron chi connectivity index (χ1n) is 7.52. The van der Waals surface area contributed by atoms with Crippen LogP contribution in [0.5, 0.6) is 11.5 Å². The molecule has 1 aromatic carbocycles. The second kappa shape index (κ2) is 8.42. The van der Waals surface area contributed by atoms with Crippen LogP contribution in [0.15, 0.2) is 23.1 Å². The second-order valence-electron chi connectivity index (χ2n) is 5.28. The number of benzene rings is 1. The lowest BCUT2D eigenvalue weighted by molar-refractivity contribution is 0.297. The molecule has 0 spiro atoms. The first kappa shape index (κ1) is 15.5. The predicted molar refractivity (Wildman–Crippen MR) is 85.1 cm³/mol. The van der Waals surface area contributed by atoms with Gasteiger partial charge in [-0.25, -0.2) is 0 Å². The fraction of sp³-hybridized carbons (Fsp3) is 0.625. The summed E-state index contributed by atoms with van der Waals surface area (Å²) in [4.78, 5) is 1.26. The highest BCUT2D eigenvalue weighted by molar-refractivity contribution is 7.99. The summed E-state index contributed by atoms with van der Waals surface area (Å²) in [6.07, 6.45) is 2.15. The molecule has 1 heterocycles. The van der Waals surface area contributed by atoms with Crippen molar-refractivity contribution in [3.63, 3.8) is 0 Å². The Balaban J connectivity index is 1.82. The molecule has 4 heteroatoms. The number of nitrogens with one attached hydrogen (secondary N) is 1. The van der Waals surface area contributed by atoms with Crippen molar-refractivity contribution in [2.45, 2.75) is 31.6 Å². The first-order chi connectivity index (χ1) is 9.79. The van der Waals surface area contributed by atoms with Gasteiger partial charge in [-0.1, -0.05) is 13.8 Å². The van der Waals surface area contributed by atoms with Gasteiger partial charge in [-0.2, -0.15) is 0 Å². The molecule has 0 radical (unpaired) electrons. The van der Waals surface area contributed by atoms with Crippen LogP contribution in [0.2, 0.25) is 0 Å². The van der Waals surface area contributed by atoms with E-state index >= 15 is 0 Å². The van der Waals surface area contributed by atoms with Gasteiger partial charge in [0.1, 0.15) is 0 Å². The monoisotopic (exact) mass is 295 g/mol. The topological polar surface area (TPSA) is 30.5 Å². The molecule has 1 N–H and O–H groups in total. The maximum atomic E-state index is 5.72. The number of rotatable bonds is 7. The lowest BCUT2D eigenvalue weighted by Gasteiger charge is -2.13. The average Bonchev–Trinajstić information content (AvgIpc) is 2.70. The number of fused-ring (bicyclic) bond motifs is 1. The van der Waals surface area contributed by atoms with Gasteiger partial charge in [-0.05, 0) is 43.6 Å². The van der Waals surface area contributed by atoms with Gasteiger partial charge in [0, 0.05) is 17.1 Å². The van der Waals surface area contributed by atoms with Gasteiger partial charge >= 0.3 is 0 Å². The molecule has 1 aliphatic heterocycles. The molecule has 0 aromatic heterocycles. The fourth-order valence-electron chi connectivity index (χ4n) is 2.06. The normalized spacial score (nSPS) is 15.7. The Kier molecular flexibility index (Phi) is 6.54. The lowest BCUT2D eigenvalue weighted by Crippen LogP contribution is -2.23. The Hall–Kier alpha value is -0.870. The van der Waals surface area contributed by atoms with Crippen molar-refractivity contribution in [3.8, 4) is 11.5 Å². The van der Waals surface area contributed by atoms with Crippen LogP contribution in [0.1, 0.15) is 26.7 Å². The molecule has 0 fully saturated rings. The molecule has 2 rings (SSSR count). The summed E-state index contributed by atoms with van der Waals surface area (Å²) in [5, 5.41) is 3.47. The summed E-state index contributed by atoms with van der Waals surface area (Å²) in [6, 6.07) is 6.27. The van der Waals surface area contributed by atoms with Crippen LogP contribution in [-0.4, -0.2) is 32.1 Å². The third kappa shape index (κ3) is 4.91. The summed E-state index contributed by atoms with van der Waals surface area (Å²) in [5.74, 6) is 3.56. The summed E-state index contributed by atoms with van der Waals surface area (Å²) >= 11 is 1.89. The van der Waals surface area contributed by atoms with Gasteiger partial charge in [0.25, 0.3) is 0 Å². The highest BCUT2D eigenvalue weighted by Crippen LogP contribution is 2.34. The smallest absolute Gasteiger partial charge is 0.162 e. The van der Waals surface area contributed by atoms with Crippen molar-refractivity contribution in [2.75, 3.05) is 32.1 Å². The number of hydrogen-bond acceptors (Lipinski definition) is 4. The zero-order chi connectivity index (χ0) is 14.2. The molecule has 1 atom stereocenters. The standard InChI is InChI=1S/C16H25NO2S/c1-3-7-17-11-13(2)12-20-14-5-6-15-16(10-14)19-9-4-8-18-15/h5-6,10,13,17H,3-4,7-9,11-12H2,1-2H3. The zero-order valence-corrected chi connectivity index (χ0v) is 13.3. The Morgan fingerprint density at radius 3 is 2.85 bits per heavy atom. The van der Waals surface area contributed by atoms with Crippen molar-refractivity contribution < 1.29 is 9.47 Å². The zero-order valence-electron chi connectivity index (χ0n) is 12.5. The van der Waals surface area contributed by atoms with Crippen LogP contribution in [0, 0.1) is 5.92 Å². The largest absolute Gasteiger partial charge is 0.490 e. The number of ether oxygens (including phenoxy) is 2. The van der Waals surface area contributed by atoms with Crippen molar-refractivity contribution in [3.05, 3.63) is 18.2 Å². The van der Waals surface area contributed by atoms with E-state index in [1.54, 1.807) is 0 Å². The van der Waals surface area contributed by atoms with Gasteiger partial charge in [0.05, 0.1) is 13.2 Å². The molecule has 0 aliphatic carbocycles. The Morgan fingerprint density at radius 1 is 1.25 bits per heavy atom. The second-order valence-corrected chi connectivity index (χ2v) is 6.37. The summed E-state index contributed by atoms with van der Waals surface area (Å²) in [5.41, 5.74) is 0. The van der Waals surface area contributed by atoms with E-state index in [1.165, 1.54) is 11.3 Å². The van der Waals surface area contributed by atoms with E-state index in [9.17, 15) is 0 Å².